The van der Waals surface area contributed by atoms with Gasteiger partial charge in [0.05, 0.1) is 18.1 Å². The molecular weight excluding hydrogens is 188 g/mol. The Bertz CT molecular complexity index is 396. The van der Waals surface area contributed by atoms with E-state index in [0.29, 0.717) is 12.0 Å². The maximum absolute atomic E-state index is 8.61. The average molecular weight is 200 g/mol. The molecule has 1 heterocycles. The molecule has 0 amide bonds. The van der Waals surface area contributed by atoms with E-state index in [1.807, 2.05) is 24.9 Å². The van der Waals surface area contributed by atoms with Crippen LogP contribution in [0.5, 0.6) is 0 Å². The summed E-state index contributed by atoms with van der Waals surface area (Å²) in [4.78, 5) is 6.07. The van der Waals surface area contributed by atoms with Crippen LogP contribution in [0.3, 0.4) is 0 Å². The van der Waals surface area contributed by atoms with Crippen molar-refractivity contribution < 1.29 is 0 Å². The molecular formula is C11H12N4. The zero-order valence-electron chi connectivity index (χ0n) is 8.81. The van der Waals surface area contributed by atoms with Gasteiger partial charge in [-0.05, 0) is 19.1 Å². The molecule has 76 valence electrons. The fourth-order valence-corrected chi connectivity index (χ4v) is 1.16. The molecule has 4 heteroatoms. The molecule has 0 saturated carbocycles. The van der Waals surface area contributed by atoms with Crippen molar-refractivity contribution in [2.24, 2.45) is 0 Å². The molecule has 1 aromatic rings. The average Bonchev–Trinajstić information content (AvgIpc) is 2.28. The third-order valence-corrected chi connectivity index (χ3v) is 2.29. The number of anilines is 1. The summed E-state index contributed by atoms with van der Waals surface area (Å²) in [6.07, 6.45) is 1.99. The molecule has 0 aliphatic rings. The third kappa shape index (κ3) is 2.69. The molecule has 1 unspecified atom stereocenters. The monoisotopic (exact) mass is 200 g/mol. The van der Waals surface area contributed by atoms with E-state index in [0.717, 1.165) is 5.82 Å². The Balaban J connectivity index is 2.79. The maximum atomic E-state index is 8.61. The van der Waals surface area contributed by atoms with Gasteiger partial charge in [0.2, 0.25) is 0 Å². The molecule has 15 heavy (non-hydrogen) atoms. The van der Waals surface area contributed by atoms with Crippen LogP contribution in [0.4, 0.5) is 5.82 Å². The second kappa shape index (κ2) is 4.97. The lowest BCUT2D eigenvalue weighted by molar-refractivity contribution is 0.694. The predicted molar refractivity (Wildman–Crippen MR) is 57.0 cm³/mol. The van der Waals surface area contributed by atoms with Crippen LogP contribution in [0.25, 0.3) is 0 Å². The Morgan fingerprint density at radius 1 is 1.47 bits per heavy atom. The van der Waals surface area contributed by atoms with Gasteiger partial charge in [-0.25, -0.2) is 4.98 Å². The van der Waals surface area contributed by atoms with Gasteiger partial charge in [0.25, 0.3) is 0 Å². The molecule has 4 nitrogen and oxygen atoms in total. The number of nitrogens with zero attached hydrogens (tertiary/aromatic N) is 4. The summed E-state index contributed by atoms with van der Waals surface area (Å²) in [7, 11) is 1.89. The molecule has 0 fully saturated rings. The molecule has 0 N–H and O–H groups in total. The zero-order chi connectivity index (χ0) is 11.3. The standard InChI is InChI=1S/C11H12N4/c1-9(5-6-12)15(2)11-4-3-10(7-13)8-14-11/h3-4,8-9H,5H2,1-2H3. The topological polar surface area (TPSA) is 63.7 Å². The van der Waals surface area contributed by atoms with Gasteiger partial charge in [0, 0.05) is 19.3 Å². The first-order chi connectivity index (χ1) is 7.19. The van der Waals surface area contributed by atoms with Crippen LogP contribution in [-0.4, -0.2) is 18.1 Å². The summed E-state index contributed by atoms with van der Waals surface area (Å²) >= 11 is 0. The molecule has 1 aromatic heterocycles. The first-order valence-electron chi connectivity index (χ1n) is 4.65. The van der Waals surface area contributed by atoms with Crippen molar-refractivity contribution in [3.63, 3.8) is 0 Å². The first kappa shape index (κ1) is 11.0. The molecule has 1 atom stereocenters. The largest absolute Gasteiger partial charge is 0.356 e. The zero-order valence-corrected chi connectivity index (χ0v) is 8.81. The molecule has 0 saturated heterocycles. The Morgan fingerprint density at radius 3 is 2.67 bits per heavy atom. The highest BCUT2D eigenvalue weighted by Gasteiger charge is 2.10. The van der Waals surface area contributed by atoms with Gasteiger partial charge < -0.3 is 4.90 Å². The summed E-state index contributed by atoms with van der Waals surface area (Å²) in [5.74, 6) is 0.775. The Hall–Kier alpha value is -2.07. The van der Waals surface area contributed by atoms with Crippen LogP contribution >= 0.6 is 0 Å². The highest BCUT2D eigenvalue weighted by molar-refractivity contribution is 5.42. The van der Waals surface area contributed by atoms with Gasteiger partial charge >= 0.3 is 0 Å². The summed E-state index contributed by atoms with van der Waals surface area (Å²) < 4.78 is 0. The van der Waals surface area contributed by atoms with E-state index in [1.165, 1.54) is 6.20 Å². The summed E-state index contributed by atoms with van der Waals surface area (Å²) in [5.41, 5.74) is 0.542. The lowest BCUT2D eigenvalue weighted by Gasteiger charge is -2.23. The van der Waals surface area contributed by atoms with Gasteiger partial charge in [-0.1, -0.05) is 0 Å². The van der Waals surface area contributed by atoms with Gasteiger partial charge in [-0.2, -0.15) is 10.5 Å². The van der Waals surface area contributed by atoms with Crippen molar-refractivity contribution in [3.8, 4) is 12.1 Å². The molecule has 1 rings (SSSR count). The fraction of sp³-hybridized carbons (Fsp3) is 0.364. The van der Waals surface area contributed by atoms with E-state index < -0.39 is 0 Å². The van der Waals surface area contributed by atoms with E-state index in [9.17, 15) is 0 Å². The van der Waals surface area contributed by atoms with E-state index in [-0.39, 0.29) is 6.04 Å². The van der Waals surface area contributed by atoms with Crippen LogP contribution in [0.2, 0.25) is 0 Å². The lowest BCUT2D eigenvalue weighted by atomic mass is 10.2. The van der Waals surface area contributed by atoms with Crippen molar-refractivity contribution in [3.05, 3.63) is 23.9 Å². The number of pyridine rings is 1. The number of hydrogen-bond acceptors (Lipinski definition) is 4. The molecule has 0 spiro atoms. The molecule has 0 aliphatic heterocycles. The van der Waals surface area contributed by atoms with E-state index >= 15 is 0 Å². The van der Waals surface area contributed by atoms with Crippen LogP contribution in [0.1, 0.15) is 18.9 Å². The second-order valence-electron chi connectivity index (χ2n) is 3.34. The van der Waals surface area contributed by atoms with Crippen LogP contribution in [0.15, 0.2) is 18.3 Å². The van der Waals surface area contributed by atoms with E-state index in [1.54, 1.807) is 12.1 Å². The third-order valence-electron chi connectivity index (χ3n) is 2.29. The number of aromatic nitrogens is 1. The van der Waals surface area contributed by atoms with Gasteiger partial charge in [-0.3, -0.25) is 0 Å². The SMILES string of the molecule is CC(CC#N)N(C)c1ccc(C#N)cn1. The Kier molecular flexibility index (Phi) is 3.65. The minimum Gasteiger partial charge on any atom is -0.356 e. The highest BCUT2D eigenvalue weighted by atomic mass is 15.2. The highest BCUT2D eigenvalue weighted by Crippen LogP contribution is 2.13. The van der Waals surface area contributed by atoms with Crippen molar-refractivity contribution in [1.29, 1.82) is 10.5 Å². The van der Waals surface area contributed by atoms with Crippen molar-refractivity contribution in [2.75, 3.05) is 11.9 Å². The maximum Gasteiger partial charge on any atom is 0.128 e. The second-order valence-corrected chi connectivity index (χ2v) is 3.34. The van der Waals surface area contributed by atoms with Gasteiger partial charge in [0.15, 0.2) is 0 Å². The molecule has 0 aliphatic carbocycles. The van der Waals surface area contributed by atoms with Crippen LogP contribution in [0, 0.1) is 22.7 Å². The van der Waals surface area contributed by atoms with Gasteiger partial charge in [-0.15, -0.1) is 0 Å². The lowest BCUT2D eigenvalue weighted by Crippen LogP contribution is -2.29. The molecule has 0 aromatic carbocycles. The fourth-order valence-electron chi connectivity index (χ4n) is 1.16. The quantitative estimate of drug-likeness (QED) is 0.744. The minimum absolute atomic E-state index is 0.121. The minimum atomic E-state index is 0.121. The normalized spacial score (nSPS) is 11.2. The Morgan fingerprint density at radius 2 is 2.20 bits per heavy atom. The first-order valence-corrected chi connectivity index (χ1v) is 4.65. The summed E-state index contributed by atoms with van der Waals surface area (Å²) in [5, 5.41) is 17.2. The number of rotatable bonds is 3. The van der Waals surface area contributed by atoms with Crippen molar-refractivity contribution in [1.82, 2.24) is 4.98 Å². The smallest absolute Gasteiger partial charge is 0.128 e. The number of hydrogen-bond donors (Lipinski definition) is 0. The van der Waals surface area contributed by atoms with E-state index in [4.69, 9.17) is 10.5 Å². The van der Waals surface area contributed by atoms with Crippen molar-refractivity contribution >= 4 is 5.82 Å². The van der Waals surface area contributed by atoms with Crippen molar-refractivity contribution in [2.45, 2.75) is 19.4 Å². The molecule has 0 bridgehead atoms. The Labute approximate surface area is 89.4 Å². The van der Waals surface area contributed by atoms with Crippen LogP contribution < -0.4 is 4.90 Å². The summed E-state index contributed by atoms with van der Waals surface area (Å²) in [6.45, 7) is 1.96. The van der Waals surface area contributed by atoms with Gasteiger partial charge in [0.1, 0.15) is 11.9 Å². The predicted octanol–water partition coefficient (Wildman–Crippen LogP) is 1.69. The van der Waals surface area contributed by atoms with Crippen LogP contribution in [-0.2, 0) is 0 Å². The van der Waals surface area contributed by atoms with E-state index in [2.05, 4.69) is 11.1 Å². The summed E-state index contributed by atoms with van der Waals surface area (Å²) in [6, 6.07) is 7.76. The number of nitriles is 2. The molecule has 0 radical (unpaired) electrons.